The molecule has 0 unspecified atom stereocenters. The Morgan fingerprint density at radius 2 is 1.70 bits per heavy atom. The lowest BCUT2D eigenvalue weighted by Gasteiger charge is -2.12. The Bertz CT molecular complexity index is 954. The number of imide groups is 1. The fraction of sp³-hybridized carbons (Fsp3) is 0.111. The van der Waals surface area contributed by atoms with Crippen molar-refractivity contribution in [2.45, 2.75) is 6.61 Å². The predicted molar refractivity (Wildman–Crippen MR) is 111 cm³/mol. The molecule has 2 aromatic rings. The third kappa shape index (κ3) is 4.55. The van der Waals surface area contributed by atoms with Crippen LogP contribution in [0, 0.1) is 0 Å². The van der Waals surface area contributed by atoms with Gasteiger partial charge >= 0.3 is 0 Å². The molecular formula is C18H11Cl4NO3S. The summed E-state index contributed by atoms with van der Waals surface area (Å²) in [5, 5.41) is 1.22. The molecule has 2 amide bonds. The Balaban J connectivity index is 1.81. The Morgan fingerprint density at radius 3 is 2.26 bits per heavy atom. The first-order chi connectivity index (χ1) is 12.8. The number of ether oxygens (including phenoxy) is 1. The van der Waals surface area contributed by atoms with Crippen molar-refractivity contribution >= 4 is 75.4 Å². The van der Waals surface area contributed by atoms with Crippen LogP contribution < -0.4 is 4.74 Å². The molecule has 1 aliphatic heterocycles. The van der Waals surface area contributed by atoms with Crippen LogP contribution in [-0.4, -0.2) is 23.1 Å². The second-order valence-corrected chi connectivity index (χ2v) is 8.23. The van der Waals surface area contributed by atoms with E-state index in [1.54, 1.807) is 36.4 Å². The van der Waals surface area contributed by atoms with E-state index in [1.807, 2.05) is 0 Å². The zero-order valence-electron chi connectivity index (χ0n) is 13.8. The second kappa shape index (κ2) is 8.33. The largest absolute Gasteiger partial charge is 0.486 e. The van der Waals surface area contributed by atoms with Crippen molar-refractivity contribution in [3.63, 3.8) is 0 Å². The zero-order chi connectivity index (χ0) is 19.7. The number of hydrogen-bond acceptors (Lipinski definition) is 4. The standard InChI is InChI=1S/C18H11Cl4NO3S/c1-23-17(24)15(27-18(23)25)6-9-4-13(21)16(14(22)5-9)26-8-10-2-3-11(19)7-12(10)20/h2-7H,8H2,1H3/b15-6-. The van der Waals surface area contributed by atoms with E-state index in [-0.39, 0.29) is 27.8 Å². The van der Waals surface area contributed by atoms with Crippen LogP contribution in [0.25, 0.3) is 6.08 Å². The van der Waals surface area contributed by atoms with Gasteiger partial charge in [0.1, 0.15) is 6.61 Å². The third-order valence-electron chi connectivity index (χ3n) is 3.69. The van der Waals surface area contributed by atoms with Crippen molar-refractivity contribution in [1.82, 2.24) is 4.90 Å². The van der Waals surface area contributed by atoms with Crippen molar-refractivity contribution in [3.8, 4) is 5.75 Å². The summed E-state index contributed by atoms with van der Waals surface area (Å²) in [7, 11) is 1.43. The molecule has 1 aliphatic rings. The van der Waals surface area contributed by atoms with Crippen LogP contribution in [0.15, 0.2) is 35.2 Å². The highest BCUT2D eigenvalue weighted by Gasteiger charge is 2.31. The maximum atomic E-state index is 12.0. The van der Waals surface area contributed by atoms with Crippen molar-refractivity contribution in [2.75, 3.05) is 7.05 Å². The van der Waals surface area contributed by atoms with Gasteiger partial charge in [0.25, 0.3) is 11.1 Å². The predicted octanol–water partition coefficient (Wildman–Crippen LogP) is 6.55. The SMILES string of the molecule is CN1C(=O)S/C(=C\c2cc(Cl)c(OCc3ccc(Cl)cc3Cl)c(Cl)c2)C1=O. The van der Waals surface area contributed by atoms with Gasteiger partial charge in [-0.1, -0.05) is 52.5 Å². The lowest BCUT2D eigenvalue weighted by molar-refractivity contribution is -0.121. The van der Waals surface area contributed by atoms with Gasteiger partial charge in [-0.25, -0.2) is 0 Å². The van der Waals surface area contributed by atoms with Crippen LogP contribution in [0.5, 0.6) is 5.75 Å². The number of halogens is 4. The second-order valence-electron chi connectivity index (χ2n) is 5.58. The number of benzene rings is 2. The molecule has 0 atom stereocenters. The van der Waals surface area contributed by atoms with Crippen LogP contribution in [0.2, 0.25) is 20.1 Å². The first kappa shape index (κ1) is 20.4. The van der Waals surface area contributed by atoms with Crippen LogP contribution in [0.4, 0.5) is 4.79 Å². The van der Waals surface area contributed by atoms with E-state index in [2.05, 4.69) is 0 Å². The summed E-state index contributed by atoms with van der Waals surface area (Å²) >= 11 is 25.4. The van der Waals surface area contributed by atoms with E-state index in [4.69, 9.17) is 51.1 Å². The number of rotatable bonds is 4. The summed E-state index contributed by atoms with van der Waals surface area (Å²) in [6.45, 7) is 0.156. The Morgan fingerprint density at radius 1 is 1.04 bits per heavy atom. The highest BCUT2D eigenvalue weighted by molar-refractivity contribution is 8.18. The fourth-order valence-electron chi connectivity index (χ4n) is 2.29. The highest BCUT2D eigenvalue weighted by Crippen LogP contribution is 2.37. The van der Waals surface area contributed by atoms with Crippen LogP contribution in [0.3, 0.4) is 0 Å². The first-order valence-electron chi connectivity index (χ1n) is 7.53. The van der Waals surface area contributed by atoms with Crippen molar-refractivity contribution in [2.24, 2.45) is 0 Å². The van der Waals surface area contributed by atoms with Gasteiger partial charge in [0.15, 0.2) is 5.75 Å². The van der Waals surface area contributed by atoms with Crippen molar-refractivity contribution in [1.29, 1.82) is 0 Å². The maximum absolute atomic E-state index is 12.0. The van der Waals surface area contributed by atoms with Crippen LogP contribution >= 0.6 is 58.2 Å². The van der Waals surface area contributed by atoms with Gasteiger partial charge in [-0.3, -0.25) is 14.5 Å². The van der Waals surface area contributed by atoms with Gasteiger partial charge in [0.05, 0.1) is 15.0 Å². The minimum atomic E-state index is -0.366. The summed E-state index contributed by atoms with van der Waals surface area (Å²) in [4.78, 5) is 24.9. The van der Waals surface area contributed by atoms with E-state index < -0.39 is 0 Å². The molecule has 1 fully saturated rings. The Hall–Kier alpha value is -1.37. The molecule has 27 heavy (non-hydrogen) atoms. The van der Waals surface area contributed by atoms with Crippen molar-refractivity contribution in [3.05, 3.63) is 66.5 Å². The fourth-order valence-corrected chi connectivity index (χ4v) is 4.19. The van der Waals surface area contributed by atoms with Crippen molar-refractivity contribution < 1.29 is 14.3 Å². The van der Waals surface area contributed by atoms with Crippen LogP contribution in [-0.2, 0) is 11.4 Å². The number of likely N-dealkylation sites (N-methyl/N-ethyl adjacent to an activating group) is 1. The zero-order valence-corrected chi connectivity index (χ0v) is 17.6. The number of amides is 2. The normalized spacial score (nSPS) is 15.7. The topological polar surface area (TPSA) is 46.6 Å². The van der Waals surface area contributed by atoms with Gasteiger partial charge in [-0.2, -0.15) is 0 Å². The molecule has 0 N–H and O–H groups in total. The smallest absolute Gasteiger partial charge is 0.293 e. The molecule has 9 heteroatoms. The molecule has 1 heterocycles. The average molecular weight is 463 g/mol. The molecule has 0 spiro atoms. The Kier molecular flexibility index (Phi) is 6.28. The minimum Gasteiger partial charge on any atom is -0.486 e. The Labute approximate surface area is 180 Å². The molecule has 0 aliphatic carbocycles. The molecule has 0 bridgehead atoms. The molecule has 0 radical (unpaired) electrons. The molecule has 140 valence electrons. The van der Waals surface area contributed by atoms with Gasteiger partial charge < -0.3 is 4.74 Å². The number of carbonyl (C=O) groups is 2. The highest BCUT2D eigenvalue weighted by atomic mass is 35.5. The van der Waals surface area contributed by atoms with E-state index >= 15 is 0 Å². The number of thioether (sulfide) groups is 1. The number of carbonyl (C=O) groups excluding carboxylic acids is 2. The lowest BCUT2D eigenvalue weighted by Crippen LogP contribution is -2.22. The first-order valence-corrected chi connectivity index (χ1v) is 9.86. The monoisotopic (exact) mass is 461 g/mol. The molecule has 3 rings (SSSR count). The molecule has 4 nitrogen and oxygen atoms in total. The van der Waals surface area contributed by atoms with E-state index in [0.717, 1.165) is 22.2 Å². The molecule has 2 aromatic carbocycles. The third-order valence-corrected chi connectivity index (χ3v) is 5.80. The summed E-state index contributed by atoms with van der Waals surface area (Å²) < 4.78 is 5.71. The van der Waals surface area contributed by atoms with E-state index in [9.17, 15) is 9.59 Å². The summed E-state index contributed by atoms with van der Waals surface area (Å²) in [6, 6.07) is 8.29. The number of nitrogens with zero attached hydrogens (tertiary/aromatic N) is 1. The molecule has 0 aromatic heterocycles. The molecular weight excluding hydrogens is 452 g/mol. The van der Waals surface area contributed by atoms with Crippen LogP contribution in [0.1, 0.15) is 11.1 Å². The lowest BCUT2D eigenvalue weighted by atomic mass is 10.2. The van der Waals surface area contributed by atoms with Gasteiger partial charge in [0, 0.05) is 22.7 Å². The molecule has 0 saturated carbocycles. The van der Waals surface area contributed by atoms with E-state index in [0.29, 0.717) is 26.3 Å². The quantitative estimate of drug-likeness (QED) is 0.483. The van der Waals surface area contributed by atoms with Gasteiger partial charge in [-0.05, 0) is 47.7 Å². The van der Waals surface area contributed by atoms with E-state index in [1.165, 1.54) is 7.05 Å². The summed E-state index contributed by atoms with van der Waals surface area (Å²) in [5.74, 6) is -0.0694. The summed E-state index contributed by atoms with van der Waals surface area (Å²) in [6.07, 6.45) is 1.56. The maximum Gasteiger partial charge on any atom is 0.293 e. The molecule has 1 saturated heterocycles. The van der Waals surface area contributed by atoms with Gasteiger partial charge in [0.2, 0.25) is 0 Å². The number of hydrogen-bond donors (Lipinski definition) is 0. The minimum absolute atomic E-state index is 0.156. The average Bonchev–Trinajstić information content (AvgIpc) is 2.83. The summed E-state index contributed by atoms with van der Waals surface area (Å²) in [5.41, 5.74) is 1.31. The van der Waals surface area contributed by atoms with Gasteiger partial charge in [-0.15, -0.1) is 0 Å².